The Balaban J connectivity index is 2.53. The second kappa shape index (κ2) is 5.86. The highest BCUT2D eigenvalue weighted by molar-refractivity contribution is 5.94. The van der Waals surface area contributed by atoms with Gasteiger partial charge in [-0.05, 0) is 36.6 Å². The maximum absolute atomic E-state index is 11.4. The number of anilines is 1. The molecule has 0 saturated carbocycles. The molecule has 0 amide bonds. The summed E-state index contributed by atoms with van der Waals surface area (Å²) in [6.45, 7) is 6.29. The van der Waals surface area contributed by atoms with Gasteiger partial charge in [0.1, 0.15) is 5.69 Å². The van der Waals surface area contributed by atoms with Crippen molar-refractivity contribution in [3.05, 3.63) is 40.6 Å². The summed E-state index contributed by atoms with van der Waals surface area (Å²) in [5.74, 6) is 0.407. The molecule has 20 heavy (non-hydrogen) atoms. The largest absolute Gasteiger partial charge is 0.376 e. The van der Waals surface area contributed by atoms with Gasteiger partial charge >= 0.3 is 5.69 Å². The maximum atomic E-state index is 11.4. The molecule has 2 aromatic rings. The smallest absolute Gasteiger partial charge is 0.301 e. The van der Waals surface area contributed by atoms with E-state index in [9.17, 15) is 10.1 Å². The number of nitro benzene ring substituents is 1. The van der Waals surface area contributed by atoms with Crippen molar-refractivity contribution in [3.8, 4) is 0 Å². The molecule has 1 unspecified atom stereocenters. The van der Waals surface area contributed by atoms with Gasteiger partial charge in [0.15, 0.2) is 0 Å². The highest BCUT2D eigenvalue weighted by atomic mass is 16.6. The van der Waals surface area contributed by atoms with Crippen LogP contribution < -0.4 is 5.32 Å². The van der Waals surface area contributed by atoms with Crippen molar-refractivity contribution in [2.24, 2.45) is 5.92 Å². The van der Waals surface area contributed by atoms with Gasteiger partial charge in [-0.2, -0.15) is 0 Å². The van der Waals surface area contributed by atoms with Gasteiger partial charge in [-0.1, -0.05) is 20.8 Å². The summed E-state index contributed by atoms with van der Waals surface area (Å²) in [7, 11) is 0. The molecule has 1 N–H and O–H groups in total. The van der Waals surface area contributed by atoms with Crippen molar-refractivity contribution >= 4 is 22.3 Å². The number of hydrogen-bond acceptors (Lipinski definition) is 4. The SMILES string of the molecule is CCC(Nc1ccc2ncccc2c1[N+](=O)[O-])C(C)C. The van der Waals surface area contributed by atoms with Crippen molar-refractivity contribution < 1.29 is 4.92 Å². The van der Waals surface area contributed by atoms with E-state index in [0.717, 1.165) is 6.42 Å². The van der Waals surface area contributed by atoms with Crippen LogP contribution in [0.15, 0.2) is 30.5 Å². The van der Waals surface area contributed by atoms with Crippen molar-refractivity contribution in [1.82, 2.24) is 4.98 Å². The van der Waals surface area contributed by atoms with Crippen LogP contribution in [0.2, 0.25) is 0 Å². The fraction of sp³-hybridized carbons (Fsp3) is 0.400. The topological polar surface area (TPSA) is 68.1 Å². The second-order valence-corrected chi connectivity index (χ2v) is 5.19. The van der Waals surface area contributed by atoms with E-state index in [1.165, 1.54) is 0 Å². The Morgan fingerprint density at radius 1 is 1.35 bits per heavy atom. The van der Waals surface area contributed by atoms with Crippen molar-refractivity contribution in [2.75, 3.05) is 5.32 Å². The lowest BCUT2D eigenvalue weighted by atomic mass is 10.0. The van der Waals surface area contributed by atoms with Crippen LogP contribution in [0.1, 0.15) is 27.2 Å². The van der Waals surface area contributed by atoms with Crippen LogP contribution in [-0.2, 0) is 0 Å². The van der Waals surface area contributed by atoms with Gasteiger partial charge in [-0.15, -0.1) is 0 Å². The molecule has 0 bridgehead atoms. The molecule has 0 aliphatic carbocycles. The van der Waals surface area contributed by atoms with Crippen LogP contribution in [0.3, 0.4) is 0 Å². The summed E-state index contributed by atoms with van der Waals surface area (Å²) < 4.78 is 0. The normalized spacial score (nSPS) is 12.6. The lowest BCUT2D eigenvalue weighted by Gasteiger charge is -2.22. The average Bonchev–Trinajstić information content (AvgIpc) is 2.43. The molecule has 0 saturated heterocycles. The quantitative estimate of drug-likeness (QED) is 0.660. The molecule has 0 fully saturated rings. The van der Waals surface area contributed by atoms with Crippen LogP contribution in [0.4, 0.5) is 11.4 Å². The van der Waals surface area contributed by atoms with E-state index in [1.54, 1.807) is 24.4 Å². The molecular formula is C15H19N3O2. The molecule has 2 rings (SSSR count). The van der Waals surface area contributed by atoms with Crippen LogP contribution in [0.5, 0.6) is 0 Å². The Bertz CT molecular complexity index is 626. The third-order valence-electron chi connectivity index (χ3n) is 3.52. The van der Waals surface area contributed by atoms with Gasteiger partial charge in [-0.3, -0.25) is 15.1 Å². The first-order valence-electron chi connectivity index (χ1n) is 6.83. The Hall–Kier alpha value is -2.17. The van der Waals surface area contributed by atoms with Crippen LogP contribution in [-0.4, -0.2) is 15.9 Å². The minimum Gasteiger partial charge on any atom is -0.376 e. The molecular weight excluding hydrogens is 254 g/mol. The zero-order valence-electron chi connectivity index (χ0n) is 12.0. The number of pyridine rings is 1. The molecule has 1 heterocycles. The average molecular weight is 273 g/mol. The summed E-state index contributed by atoms with van der Waals surface area (Å²) in [6.07, 6.45) is 2.56. The van der Waals surface area contributed by atoms with Crippen molar-refractivity contribution in [1.29, 1.82) is 0 Å². The maximum Gasteiger partial charge on any atom is 0.301 e. The minimum atomic E-state index is -0.334. The third-order valence-corrected chi connectivity index (χ3v) is 3.52. The van der Waals surface area contributed by atoms with Gasteiger partial charge in [-0.25, -0.2) is 0 Å². The van der Waals surface area contributed by atoms with Crippen LogP contribution in [0, 0.1) is 16.0 Å². The minimum absolute atomic E-state index is 0.106. The molecule has 0 spiro atoms. The summed E-state index contributed by atoms with van der Waals surface area (Å²) in [6, 6.07) is 7.24. The molecule has 0 radical (unpaired) electrons. The van der Waals surface area contributed by atoms with Gasteiger partial charge < -0.3 is 5.32 Å². The highest BCUT2D eigenvalue weighted by Gasteiger charge is 2.21. The Kier molecular flexibility index (Phi) is 4.17. The lowest BCUT2D eigenvalue weighted by molar-refractivity contribution is -0.382. The summed E-state index contributed by atoms with van der Waals surface area (Å²) in [5.41, 5.74) is 1.31. The fourth-order valence-corrected chi connectivity index (χ4v) is 2.39. The number of fused-ring (bicyclic) bond motifs is 1. The van der Waals surface area contributed by atoms with E-state index >= 15 is 0 Å². The van der Waals surface area contributed by atoms with Crippen molar-refractivity contribution in [3.63, 3.8) is 0 Å². The zero-order valence-corrected chi connectivity index (χ0v) is 12.0. The predicted octanol–water partition coefficient (Wildman–Crippen LogP) is 3.99. The van der Waals surface area contributed by atoms with E-state index in [2.05, 4.69) is 31.1 Å². The first kappa shape index (κ1) is 14.2. The van der Waals surface area contributed by atoms with E-state index < -0.39 is 0 Å². The Labute approximate surface area is 118 Å². The highest BCUT2D eigenvalue weighted by Crippen LogP contribution is 2.33. The van der Waals surface area contributed by atoms with E-state index in [-0.39, 0.29) is 16.7 Å². The monoisotopic (exact) mass is 273 g/mol. The molecule has 0 aliphatic heterocycles. The van der Waals surface area contributed by atoms with Crippen LogP contribution in [0.25, 0.3) is 10.9 Å². The number of benzene rings is 1. The fourth-order valence-electron chi connectivity index (χ4n) is 2.39. The number of rotatable bonds is 5. The van der Waals surface area contributed by atoms with Crippen molar-refractivity contribution in [2.45, 2.75) is 33.2 Å². The van der Waals surface area contributed by atoms with E-state index in [0.29, 0.717) is 22.5 Å². The molecule has 5 heteroatoms. The Morgan fingerprint density at radius 2 is 2.10 bits per heavy atom. The number of aromatic nitrogens is 1. The molecule has 0 aliphatic rings. The molecule has 1 aromatic heterocycles. The van der Waals surface area contributed by atoms with Gasteiger partial charge in [0.2, 0.25) is 0 Å². The first-order valence-corrected chi connectivity index (χ1v) is 6.83. The second-order valence-electron chi connectivity index (χ2n) is 5.19. The molecule has 5 nitrogen and oxygen atoms in total. The van der Waals surface area contributed by atoms with E-state index in [1.807, 2.05) is 6.07 Å². The van der Waals surface area contributed by atoms with Gasteiger partial charge in [0.25, 0.3) is 0 Å². The first-order chi connectivity index (χ1) is 9.54. The number of nitrogens with zero attached hydrogens (tertiary/aromatic N) is 2. The Morgan fingerprint density at radius 3 is 2.70 bits per heavy atom. The zero-order chi connectivity index (χ0) is 14.7. The predicted molar refractivity (Wildman–Crippen MR) is 80.9 cm³/mol. The number of nitro groups is 1. The number of hydrogen-bond donors (Lipinski definition) is 1. The molecule has 1 aromatic carbocycles. The number of nitrogens with one attached hydrogen (secondary N) is 1. The molecule has 1 atom stereocenters. The summed E-state index contributed by atoms with van der Waals surface area (Å²) in [4.78, 5) is 15.2. The van der Waals surface area contributed by atoms with Gasteiger partial charge in [0, 0.05) is 12.2 Å². The summed E-state index contributed by atoms with van der Waals surface area (Å²) >= 11 is 0. The summed E-state index contributed by atoms with van der Waals surface area (Å²) in [5, 5.41) is 15.3. The standard InChI is InChI=1S/C15H19N3O2/c1-4-12(10(2)3)17-14-8-7-13-11(6-5-9-16-13)15(14)18(19)20/h5-10,12,17H,4H2,1-3H3. The molecule has 106 valence electrons. The van der Waals surface area contributed by atoms with Crippen LogP contribution >= 0.6 is 0 Å². The lowest BCUT2D eigenvalue weighted by Crippen LogP contribution is -2.25. The third kappa shape index (κ3) is 2.71. The van der Waals surface area contributed by atoms with E-state index in [4.69, 9.17) is 0 Å². The van der Waals surface area contributed by atoms with Gasteiger partial charge in [0.05, 0.1) is 15.8 Å².